The molecular formula is C26H24O12. The number of hydrogen-bond acceptors (Lipinski definition) is 12. The van der Waals surface area contributed by atoms with Crippen LogP contribution in [0.3, 0.4) is 0 Å². The lowest BCUT2D eigenvalue weighted by atomic mass is 9.94. The van der Waals surface area contributed by atoms with E-state index in [0.717, 1.165) is 54.6 Å². The van der Waals surface area contributed by atoms with Crippen LogP contribution < -0.4 is 0 Å². The third-order valence-corrected chi connectivity index (χ3v) is 5.26. The Morgan fingerprint density at radius 3 is 1.05 bits per heavy atom. The summed E-state index contributed by atoms with van der Waals surface area (Å²) in [4.78, 5) is 37.5. The molecule has 0 saturated carbocycles. The first kappa shape index (κ1) is 27.5. The van der Waals surface area contributed by atoms with Crippen molar-refractivity contribution in [2.24, 2.45) is 5.41 Å². The molecule has 12 nitrogen and oxygen atoms in total. The van der Waals surface area contributed by atoms with Crippen LogP contribution in [0.2, 0.25) is 0 Å². The third-order valence-electron chi connectivity index (χ3n) is 5.26. The van der Waals surface area contributed by atoms with Crippen LogP contribution in [-0.4, -0.2) is 68.4 Å². The summed E-state index contributed by atoms with van der Waals surface area (Å²) in [5.74, 6) is -5.43. The zero-order chi connectivity index (χ0) is 28.0. The monoisotopic (exact) mass is 528 g/mol. The van der Waals surface area contributed by atoms with E-state index in [1.165, 1.54) is 6.92 Å². The smallest absolute Gasteiger partial charge is 0.341 e. The normalized spacial score (nSPS) is 11.0. The first-order chi connectivity index (χ1) is 17.9. The zero-order valence-electron chi connectivity index (χ0n) is 20.0. The molecule has 6 N–H and O–H groups in total. The first-order valence-corrected chi connectivity index (χ1v) is 11.0. The van der Waals surface area contributed by atoms with E-state index < -0.39 is 60.4 Å². The van der Waals surface area contributed by atoms with E-state index in [1.807, 2.05) is 0 Å². The minimum Gasteiger partial charge on any atom is -0.508 e. The predicted molar refractivity (Wildman–Crippen MR) is 128 cm³/mol. The number of aromatic hydroxyl groups is 6. The van der Waals surface area contributed by atoms with Gasteiger partial charge in [0.15, 0.2) is 0 Å². The minimum atomic E-state index is -1.37. The molecule has 0 aliphatic carbocycles. The van der Waals surface area contributed by atoms with Crippen LogP contribution in [0.1, 0.15) is 38.0 Å². The molecule has 3 rings (SSSR count). The molecule has 12 heteroatoms. The van der Waals surface area contributed by atoms with Crippen molar-refractivity contribution in [2.75, 3.05) is 19.8 Å². The number of ether oxygens (including phenoxy) is 3. The van der Waals surface area contributed by atoms with E-state index in [0.29, 0.717) is 0 Å². The SMILES string of the molecule is CC(COC(=O)c1ccc(O)cc1O)(COC(=O)c1ccc(O)cc1O)COC(=O)c1ccc(O)cc1O. The summed E-state index contributed by atoms with van der Waals surface area (Å²) in [5, 5.41) is 57.9. The Morgan fingerprint density at radius 2 is 0.816 bits per heavy atom. The van der Waals surface area contributed by atoms with Crippen molar-refractivity contribution in [2.45, 2.75) is 6.92 Å². The number of carbonyl (C=O) groups excluding carboxylic acids is 3. The first-order valence-electron chi connectivity index (χ1n) is 11.0. The highest BCUT2D eigenvalue weighted by atomic mass is 16.6. The molecule has 0 atom stereocenters. The molecule has 0 heterocycles. The number of phenolic OH excluding ortho intramolecular Hbond substituents is 6. The quantitative estimate of drug-likeness (QED) is 0.175. The second-order valence-corrected chi connectivity index (χ2v) is 8.64. The summed E-state index contributed by atoms with van der Waals surface area (Å²) in [7, 11) is 0. The topological polar surface area (TPSA) is 200 Å². The number of benzene rings is 3. The largest absolute Gasteiger partial charge is 0.508 e. The van der Waals surface area contributed by atoms with Gasteiger partial charge in [-0.05, 0) is 43.3 Å². The van der Waals surface area contributed by atoms with Gasteiger partial charge < -0.3 is 44.8 Å². The molecule has 0 spiro atoms. The highest BCUT2D eigenvalue weighted by Gasteiger charge is 2.32. The van der Waals surface area contributed by atoms with Crippen LogP contribution in [0.5, 0.6) is 34.5 Å². The third kappa shape index (κ3) is 6.75. The maximum atomic E-state index is 12.5. The summed E-state index contributed by atoms with van der Waals surface area (Å²) < 4.78 is 15.7. The van der Waals surface area contributed by atoms with Crippen molar-refractivity contribution in [3.63, 3.8) is 0 Å². The van der Waals surface area contributed by atoms with Gasteiger partial charge in [0.2, 0.25) is 0 Å². The van der Waals surface area contributed by atoms with Crippen molar-refractivity contribution in [1.29, 1.82) is 0 Å². The van der Waals surface area contributed by atoms with E-state index in [2.05, 4.69) is 0 Å². The van der Waals surface area contributed by atoms with Gasteiger partial charge in [0, 0.05) is 18.2 Å². The van der Waals surface area contributed by atoms with Crippen molar-refractivity contribution >= 4 is 17.9 Å². The predicted octanol–water partition coefficient (Wildman–Crippen LogP) is 2.80. The second-order valence-electron chi connectivity index (χ2n) is 8.64. The number of esters is 3. The molecule has 0 bridgehead atoms. The van der Waals surface area contributed by atoms with Gasteiger partial charge in [-0.1, -0.05) is 0 Å². The molecule has 3 aromatic rings. The van der Waals surface area contributed by atoms with E-state index in [-0.39, 0.29) is 33.9 Å². The summed E-state index contributed by atoms with van der Waals surface area (Å²) in [6.45, 7) is -0.0215. The Kier molecular flexibility index (Phi) is 8.16. The summed E-state index contributed by atoms with van der Waals surface area (Å²) >= 11 is 0. The number of carbonyl (C=O) groups is 3. The van der Waals surface area contributed by atoms with Gasteiger partial charge in [0.25, 0.3) is 0 Å². The highest BCUT2D eigenvalue weighted by molar-refractivity contribution is 5.94. The molecule has 0 amide bonds. The van der Waals surface area contributed by atoms with Crippen LogP contribution in [-0.2, 0) is 14.2 Å². The maximum absolute atomic E-state index is 12.5. The van der Waals surface area contributed by atoms with E-state index >= 15 is 0 Å². The molecule has 0 unspecified atom stereocenters. The molecule has 0 radical (unpaired) electrons. The number of phenols is 6. The van der Waals surface area contributed by atoms with Gasteiger partial charge in [0.1, 0.15) is 71.0 Å². The maximum Gasteiger partial charge on any atom is 0.341 e. The van der Waals surface area contributed by atoms with Gasteiger partial charge >= 0.3 is 17.9 Å². The van der Waals surface area contributed by atoms with Crippen molar-refractivity contribution in [1.82, 2.24) is 0 Å². The van der Waals surface area contributed by atoms with Gasteiger partial charge in [-0.2, -0.15) is 0 Å². The Morgan fingerprint density at radius 1 is 0.553 bits per heavy atom. The fraction of sp³-hybridized carbons (Fsp3) is 0.192. The molecule has 3 aromatic carbocycles. The lowest BCUT2D eigenvalue weighted by Gasteiger charge is -2.28. The molecule has 0 fully saturated rings. The van der Waals surface area contributed by atoms with E-state index in [9.17, 15) is 45.0 Å². The fourth-order valence-corrected chi connectivity index (χ4v) is 3.16. The van der Waals surface area contributed by atoms with Gasteiger partial charge in [-0.3, -0.25) is 0 Å². The molecule has 200 valence electrons. The van der Waals surface area contributed by atoms with E-state index in [1.54, 1.807) is 0 Å². The summed E-state index contributed by atoms with van der Waals surface area (Å²) in [6, 6.07) is 9.69. The van der Waals surface area contributed by atoms with Crippen LogP contribution in [0.25, 0.3) is 0 Å². The van der Waals surface area contributed by atoms with Crippen LogP contribution in [0, 0.1) is 5.41 Å². The standard InChI is InChI=1S/C26H24O12/c1-26(11-36-23(33)17-5-2-14(27)8-20(17)30,12-37-24(34)18-6-3-15(28)9-21(18)31)13-38-25(35)19-7-4-16(29)10-22(19)32/h2-10,27-32H,11-13H2,1H3. The number of rotatable bonds is 9. The van der Waals surface area contributed by atoms with Gasteiger partial charge in [-0.25, -0.2) is 14.4 Å². The van der Waals surface area contributed by atoms with Gasteiger partial charge in [-0.15, -0.1) is 0 Å². The second kappa shape index (κ2) is 11.3. The molecule has 0 aromatic heterocycles. The molecular weight excluding hydrogens is 504 g/mol. The molecule has 0 aliphatic heterocycles. The average molecular weight is 528 g/mol. The van der Waals surface area contributed by atoms with Gasteiger partial charge in [0.05, 0.1) is 5.41 Å². The van der Waals surface area contributed by atoms with Crippen LogP contribution >= 0.6 is 0 Å². The summed E-state index contributed by atoms with van der Waals surface area (Å²) in [6.07, 6.45) is 0. The lowest BCUT2D eigenvalue weighted by Crippen LogP contribution is -2.37. The Balaban J connectivity index is 1.76. The number of hydrogen-bond donors (Lipinski definition) is 6. The average Bonchev–Trinajstić information content (AvgIpc) is 2.84. The summed E-state index contributed by atoms with van der Waals surface area (Å²) in [5.41, 5.74) is -2.15. The minimum absolute atomic E-state index is 0.262. The molecule has 38 heavy (non-hydrogen) atoms. The van der Waals surface area contributed by atoms with Crippen LogP contribution in [0.15, 0.2) is 54.6 Å². The van der Waals surface area contributed by atoms with Crippen molar-refractivity contribution < 1.29 is 59.2 Å². The van der Waals surface area contributed by atoms with E-state index in [4.69, 9.17) is 14.2 Å². The Hall–Kier alpha value is -5.13. The van der Waals surface area contributed by atoms with Crippen molar-refractivity contribution in [3.8, 4) is 34.5 Å². The molecule has 0 saturated heterocycles. The molecule has 0 aliphatic rings. The Bertz CT molecular complexity index is 1200. The fourth-order valence-electron chi connectivity index (χ4n) is 3.16. The Labute approximate surface area is 215 Å². The van der Waals surface area contributed by atoms with Crippen molar-refractivity contribution in [3.05, 3.63) is 71.3 Å². The van der Waals surface area contributed by atoms with Crippen LogP contribution in [0.4, 0.5) is 0 Å². The highest BCUT2D eigenvalue weighted by Crippen LogP contribution is 2.28. The lowest BCUT2D eigenvalue weighted by molar-refractivity contribution is -0.0289. The zero-order valence-corrected chi connectivity index (χ0v) is 20.0.